The minimum atomic E-state index is -3.42. The Morgan fingerprint density at radius 2 is 2.11 bits per heavy atom. The van der Waals surface area contributed by atoms with Gasteiger partial charge in [0, 0.05) is 24.8 Å². The van der Waals surface area contributed by atoms with Crippen LogP contribution in [0.4, 0.5) is 5.69 Å². The van der Waals surface area contributed by atoms with Gasteiger partial charge in [0.05, 0.1) is 0 Å². The zero-order chi connectivity index (χ0) is 13.9. The fourth-order valence-electron chi connectivity index (χ4n) is 2.06. The molecular weight excluding hydrogens is 262 g/mol. The van der Waals surface area contributed by atoms with Crippen LogP contribution >= 0.6 is 0 Å². The van der Waals surface area contributed by atoms with Crippen LogP contribution in [-0.2, 0) is 16.6 Å². The first-order valence-corrected chi connectivity index (χ1v) is 8.03. The summed E-state index contributed by atoms with van der Waals surface area (Å²) >= 11 is 0. The highest BCUT2D eigenvalue weighted by atomic mass is 32.2. The van der Waals surface area contributed by atoms with Gasteiger partial charge in [0.25, 0.3) is 10.2 Å². The Morgan fingerprint density at radius 3 is 2.84 bits per heavy atom. The second kappa shape index (κ2) is 5.90. The Hall–Kier alpha value is -1.11. The molecule has 0 amide bonds. The molecule has 3 N–H and O–H groups in total. The lowest BCUT2D eigenvalue weighted by atomic mass is 10.0. The molecule has 0 saturated carbocycles. The summed E-state index contributed by atoms with van der Waals surface area (Å²) in [6.07, 6.45) is 0.714. The lowest BCUT2D eigenvalue weighted by Gasteiger charge is -2.26. The van der Waals surface area contributed by atoms with E-state index in [0.29, 0.717) is 25.4 Å². The van der Waals surface area contributed by atoms with Crippen LogP contribution in [0.15, 0.2) is 24.3 Å². The second-order valence-corrected chi connectivity index (χ2v) is 6.83. The summed E-state index contributed by atoms with van der Waals surface area (Å²) in [6, 6.07) is 7.86. The molecule has 2 rings (SSSR count). The van der Waals surface area contributed by atoms with Crippen molar-refractivity contribution in [3.05, 3.63) is 29.8 Å². The van der Waals surface area contributed by atoms with E-state index < -0.39 is 10.2 Å². The molecule has 1 aliphatic rings. The monoisotopic (exact) mass is 283 g/mol. The summed E-state index contributed by atoms with van der Waals surface area (Å²) in [5.41, 5.74) is 2.23. The van der Waals surface area contributed by atoms with Gasteiger partial charge in [0.2, 0.25) is 0 Å². The third-order valence-corrected chi connectivity index (χ3v) is 4.22. The first-order valence-electron chi connectivity index (χ1n) is 6.55. The molecule has 1 aliphatic heterocycles. The lowest BCUT2D eigenvalue weighted by Crippen LogP contribution is -2.48. The van der Waals surface area contributed by atoms with E-state index in [0.717, 1.165) is 11.3 Å². The second-order valence-electron chi connectivity index (χ2n) is 5.30. The average Bonchev–Trinajstić information content (AvgIpc) is 2.36. The van der Waals surface area contributed by atoms with E-state index in [1.54, 1.807) is 0 Å². The molecule has 0 fully saturated rings. The maximum absolute atomic E-state index is 11.9. The van der Waals surface area contributed by atoms with E-state index in [4.69, 9.17) is 0 Å². The normalized spacial score (nSPS) is 19.0. The van der Waals surface area contributed by atoms with Crippen molar-refractivity contribution in [3.63, 3.8) is 0 Å². The molecule has 6 heteroatoms. The van der Waals surface area contributed by atoms with Gasteiger partial charge in [-0.3, -0.25) is 0 Å². The standard InChI is InChI=1S/C13H21N3O2S/c1-10(2)8-15-19(17,18)16-12-7-11-5-3-4-6-13(11)14-9-12/h3-6,10,12,14-16H,7-9H2,1-2H3. The minimum absolute atomic E-state index is 0.112. The maximum Gasteiger partial charge on any atom is 0.277 e. The molecule has 1 aromatic carbocycles. The average molecular weight is 283 g/mol. The molecule has 0 saturated heterocycles. The molecule has 0 bridgehead atoms. The smallest absolute Gasteiger partial charge is 0.277 e. The third kappa shape index (κ3) is 4.19. The molecule has 1 atom stereocenters. The van der Waals surface area contributed by atoms with Crippen LogP contribution in [0.2, 0.25) is 0 Å². The topological polar surface area (TPSA) is 70.2 Å². The summed E-state index contributed by atoms with van der Waals surface area (Å²) in [4.78, 5) is 0. The third-order valence-electron chi connectivity index (χ3n) is 3.03. The number of benzene rings is 1. The first-order chi connectivity index (χ1) is 8.96. The van der Waals surface area contributed by atoms with Gasteiger partial charge in [-0.05, 0) is 24.0 Å². The number of hydrogen-bond acceptors (Lipinski definition) is 3. The maximum atomic E-state index is 11.9. The Balaban J connectivity index is 1.95. The van der Waals surface area contributed by atoms with Gasteiger partial charge < -0.3 is 5.32 Å². The SMILES string of the molecule is CC(C)CNS(=O)(=O)NC1CNc2ccccc2C1. The van der Waals surface area contributed by atoms with Crippen molar-refractivity contribution in [2.24, 2.45) is 5.92 Å². The van der Waals surface area contributed by atoms with E-state index in [1.807, 2.05) is 38.1 Å². The van der Waals surface area contributed by atoms with Crippen LogP contribution in [0.3, 0.4) is 0 Å². The predicted octanol–water partition coefficient (Wildman–Crippen LogP) is 1.10. The van der Waals surface area contributed by atoms with Crippen molar-refractivity contribution < 1.29 is 8.42 Å². The summed E-state index contributed by atoms with van der Waals surface area (Å²) in [5, 5.41) is 3.25. The van der Waals surface area contributed by atoms with Crippen molar-refractivity contribution in [1.29, 1.82) is 0 Å². The molecule has 1 unspecified atom stereocenters. The van der Waals surface area contributed by atoms with Crippen molar-refractivity contribution in [3.8, 4) is 0 Å². The van der Waals surface area contributed by atoms with Crippen LogP contribution in [0.5, 0.6) is 0 Å². The van der Waals surface area contributed by atoms with Gasteiger partial charge in [-0.15, -0.1) is 0 Å². The van der Waals surface area contributed by atoms with Crippen LogP contribution in [0, 0.1) is 5.92 Å². The quantitative estimate of drug-likeness (QED) is 0.758. The van der Waals surface area contributed by atoms with Crippen LogP contribution in [0.1, 0.15) is 19.4 Å². The predicted molar refractivity (Wildman–Crippen MR) is 77.3 cm³/mol. The van der Waals surface area contributed by atoms with Crippen molar-refractivity contribution in [2.75, 3.05) is 18.4 Å². The Bertz CT molecular complexity index is 528. The molecule has 1 aromatic rings. The van der Waals surface area contributed by atoms with Gasteiger partial charge in [-0.2, -0.15) is 13.1 Å². The highest BCUT2D eigenvalue weighted by Gasteiger charge is 2.22. The fraction of sp³-hybridized carbons (Fsp3) is 0.538. The van der Waals surface area contributed by atoms with Crippen molar-refractivity contribution in [1.82, 2.24) is 9.44 Å². The summed E-state index contributed by atoms with van der Waals surface area (Å²) in [7, 11) is -3.42. The van der Waals surface area contributed by atoms with E-state index in [2.05, 4.69) is 14.8 Å². The largest absolute Gasteiger partial charge is 0.383 e. The first kappa shape index (κ1) is 14.3. The molecule has 5 nitrogen and oxygen atoms in total. The van der Waals surface area contributed by atoms with Crippen LogP contribution in [0.25, 0.3) is 0 Å². The summed E-state index contributed by atoms with van der Waals surface area (Å²) in [5.74, 6) is 0.293. The molecule has 19 heavy (non-hydrogen) atoms. The zero-order valence-corrected chi connectivity index (χ0v) is 12.1. The van der Waals surface area contributed by atoms with Crippen molar-refractivity contribution in [2.45, 2.75) is 26.3 Å². The van der Waals surface area contributed by atoms with E-state index >= 15 is 0 Å². The van der Waals surface area contributed by atoms with Gasteiger partial charge in [0.15, 0.2) is 0 Å². The molecule has 0 aliphatic carbocycles. The Labute approximate surface area is 115 Å². The van der Waals surface area contributed by atoms with Crippen molar-refractivity contribution >= 4 is 15.9 Å². The Kier molecular flexibility index (Phi) is 4.44. The van der Waals surface area contributed by atoms with E-state index in [-0.39, 0.29) is 6.04 Å². The van der Waals surface area contributed by atoms with Gasteiger partial charge in [-0.25, -0.2) is 4.72 Å². The van der Waals surface area contributed by atoms with E-state index in [9.17, 15) is 8.42 Å². The highest BCUT2D eigenvalue weighted by Crippen LogP contribution is 2.21. The number of fused-ring (bicyclic) bond motifs is 1. The van der Waals surface area contributed by atoms with E-state index in [1.165, 1.54) is 0 Å². The molecule has 0 aromatic heterocycles. The Morgan fingerprint density at radius 1 is 1.37 bits per heavy atom. The van der Waals surface area contributed by atoms with Crippen LogP contribution < -0.4 is 14.8 Å². The van der Waals surface area contributed by atoms with Crippen LogP contribution in [-0.4, -0.2) is 27.5 Å². The summed E-state index contributed by atoms with van der Waals surface area (Å²) < 4.78 is 29.0. The number of nitrogens with one attached hydrogen (secondary N) is 3. The molecule has 106 valence electrons. The van der Waals surface area contributed by atoms with Gasteiger partial charge in [0.1, 0.15) is 0 Å². The number of anilines is 1. The van der Waals surface area contributed by atoms with Gasteiger partial charge >= 0.3 is 0 Å². The van der Waals surface area contributed by atoms with Gasteiger partial charge in [-0.1, -0.05) is 32.0 Å². The number of rotatable bonds is 5. The molecule has 0 spiro atoms. The highest BCUT2D eigenvalue weighted by molar-refractivity contribution is 7.87. The zero-order valence-electron chi connectivity index (χ0n) is 11.3. The molecule has 0 radical (unpaired) electrons. The minimum Gasteiger partial charge on any atom is -0.383 e. The fourth-order valence-corrected chi connectivity index (χ4v) is 3.30. The number of hydrogen-bond donors (Lipinski definition) is 3. The molecular formula is C13H21N3O2S. The molecule has 1 heterocycles. The number of para-hydroxylation sites is 1. The lowest BCUT2D eigenvalue weighted by molar-refractivity contribution is 0.523. The summed E-state index contributed by atoms with van der Waals surface area (Å²) in [6.45, 7) is 5.01.